The van der Waals surface area contributed by atoms with Crippen molar-refractivity contribution < 1.29 is 9.47 Å². The Balaban J connectivity index is 2.17. The van der Waals surface area contributed by atoms with Crippen LogP contribution in [0.3, 0.4) is 0 Å². The van der Waals surface area contributed by atoms with Crippen LogP contribution in [-0.4, -0.2) is 13.2 Å². The van der Waals surface area contributed by atoms with Gasteiger partial charge in [0.25, 0.3) is 0 Å². The Morgan fingerprint density at radius 3 is 2.39 bits per heavy atom. The van der Waals surface area contributed by atoms with Gasteiger partial charge in [0.1, 0.15) is 13.2 Å². The Bertz CT molecular complexity index is 421. The third kappa shape index (κ3) is 3.33. The Kier molecular flexibility index (Phi) is 4.79. The summed E-state index contributed by atoms with van der Waals surface area (Å²) in [5.41, 5.74) is 1.08. The molecule has 0 saturated carbocycles. The monoisotopic (exact) mass is 332 g/mol. The van der Waals surface area contributed by atoms with Crippen LogP contribution in [0.25, 0.3) is 0 Å². The smallest absolute Gasteiger partial charge is 0.162 e. The van der Waals surface area contributed by atoms with E-state index in [2.05, 4.69) is 29.8 Å². The molecule has 1 unspecified atom stereocenters. The van der Waals surface area contributed by atoms with Gasteiger partial charge in [0, 0.05) is 15.9 Å². The molecule has 4 heteroatoms. The molecular formula is C14H18BrClO2. The summed E-state index contributed by atoms with van der Waals surface area (Å²) in [6, 6.07) is 3.85. The topological polar surface area (TPSA) is 18.5 Å². The molecule has 2 nitrogen and oxygen atoms in total. The second kappa shape index (κ2) is 6.16. The molecule has 0 N–H and O–H groups in total. The van der Waals surface area contributed by atoms with Gasteiger partial charge in [-0.05, 0) is 30.4 Å². The minimum absolute atomic E-state index is 0.267. The first-order chi connectivity index (χ1) is 8.58. The number of hydrogen-bond acceptors (Lipinski definition) is 2. The molecule has 1 aliphatic rings. The predicted molar refractivity (Wildman–Crippen MR) is 78.2 cm³/mol. The first-order valence-corrected chi connectivity index (χ1v) is 7.60. The summed E-state index contributed by atoms with van der Waals surface area (Å²) in [6.07, 6.45) is 2.23. The fraction of sp³-hybridized carbons (Fsp3) is 0.571. The number of fused-ring (bicyclic) bond motifs is 1. The van der Waals surface area contributed by atoms with Crippen LogP contribution in [0.1, 0.15) is 37.1 Å². The molecule has 0 bridgehead atoms. The number of ether oxygens (including phenoxy) is 2. The summed E-state index contributed by atoms with van der Waals surface area (Å²) >= 11 is 10.0. The van der Waals surface area contributed by atoms with Gasteiger partial charge in [0.2, 0.25) is 0 Å². The van der Waals surface area contributed by atoms with Gasteiger partial charge in [0.15, 0.2) is 11.5 Å². The number of hydrogen-bond donors (Lipinski definition) is 0. The zero-order valence-corrected chi connectivity index (χ0v) is 13.1. The van der Waals surface area contributed by atoms with Gasteiger partial charge in [-0.1, -0.05) is 41.4 Å². The SMILES string of the molecule is CC(C)CCC(Br)c1cc2c(cc1Cl)OCCO2. The third-order valence-corrected chi connectivity index (χ3v) is 4.27. The molecule has 100 valence electrons. The minimum atomic E-state index is 0.267. The summed E-state index contributed by atoms with van der Waals surface area (Å²) < 4.78 is 11.1. The normalized spacial score (nSPS) is 15.8. The molecule has 0 fully saturated rings. The predicted octanol–water partition coefficient (Wildman–Crippen LogP) is 4.98. The highest BCUT2D eigenvalue weighted by atomic mass is 79.9. The van der Waals surface area contributed by atoms with Crippen molar-refractivity contribution in [3.63, 3.8) is 0 Å². The molecule has 1 aromatic rings. The van der Waals surface area contributed by atoms with E-state index >= 15 is 0 Å². The molecular weight excluding hydrogens is 316 g/mol. The van der Waals surface area contributed by atoms with Crippen molar-refractivity contribution in [2.75, 3.05) is 13.2 Å². The van der Waals surface area contributed by atoms with Crippen LogP contribution >= 0.6 is 27.5 Å². The maximum atomic E-state index is 6.31. The van der Waals surface area contributed by atoms with Crippen molar-refractivity contribution in [2.24, 2.45) is 5.92 Å². The Labute approximate surface area is 122 Å². The summed E-state index contributed by atoms with van der Waals surface area (Å²) in [7, 11) is 0. The van der Waals surface area contributed by atoms with Crippen molar-refractivity contribution in [3.05, 3.63) is 22.7 Å². The maximum Gasteiger partial charge on any atom is 0.162 e. The largest absolute Gasteiger partial charge is 0.486 e. The van der Waals surface area contributed by atoms with Crippen LogP contribution in [0.5, 0.6) is 11.5 Å². The van der Waals surface area contributed by atoms with Crippen molar-refractivity contribution >= 4 is 27.5 Å². The highest BCUT2D eigenvalue weighted by molar-refractivity contribution is 9.09. The number of rotatable bonds is 4. The molecule has 0 radical (unpaired) electrons. The van der Waals surface area contributed by atoms with Crippen molar-refractivity contribution in [3.8, 4) is 11.5 Å². The average molecular weight is 334 g/mol. The van der Waals surface area contributed by atoms with Crippen LogP contribution in [-0.2, 0) is 0 Å². The second-order valence-corrected chi connectivity index (χ2v) is 6.47. The molecule has 1 aromatic carbocycles. The van der Waals surface area contributed by atoms with E-state index in [-0.39, 0.29) is 4.83 Å². The van der Waals surface area contributed by atoms with E-state index in [1.807, 2.05) is 12.1 Å². The van der Waals surface area contributed by atoms with Crippen LogP contribution in [0.15, 0.2) is 12.1 Å². The summed E-state index contributed by atoms with van der Waals surface area (Å²) in [5, 5.41) is 0.741. The van der Waals surface area contributed by atoms with Gasteiger partial charge in [-0.2, -0.15) is 0 Å². The van der Waals surface area contributed by atoms with Gasteiger partial charge in [-0.25, -0.2) is 0 Å². The molecule has 2 rings (SSSR count). The standard InChI is InChI=1S/C14H18BrClO2/c1-9(2)3-4-11(15)10-7-13-14(8-12(10)16)18-6-5-17-13/h7-9,11H,3-6H2,1-2H3. The summed E-state index contributed by atoms with van der Waals surface area (Å²) in [4.78, 5) is 0.267. The average Bonchev–Trinajstić information content (AvgIpc) is 2.35. The van der Waals surface area contributed by atoms with E-state index in [1.54, 1.807) is 0 Å². The van der Waals surface area contributed by atoms with Gasteiger partial charge in [-0.3, -0.25) is 0 Å². The van der Waals surface area contributed by atoms with Gasteiger partial charge in [0.05, 0.1) is 0 Å². The third-order valence-electron chi connectivity index (χ3n) is 3.00. The van der Waals surface area contributed by atoms with E-state index in [9.17, 15) is 0 Å². The lowest BCUT2D eigenvalue weighted by Gasteiger charge is -2.21. The van der Waals surface area contributed by atoms with E-state index < -0.39 is 0 Å². The highest BCUT2D eigenvalue weighted by Crippen LogP contribution is 2.41. The zero-order chi connectivity index (χ0) is 13.1. The minimum Gasteiger partial charge on any atom is -0.486 e. The van der Waals surface area contributed by atoms with Crippen molar-refractivity contribution in [2.45, 2.75) is 31.5 Å². The number of halogens is 2. The Hall–Kier alpha value is -0.410. The lowest BCUT2D eigenvalue weighted by molar-refractivity contribution is 0.171. The molecule has 0 spiro atoms. The van der Waals surface area contributed by atoms with Gasteiger partial charge < -0.3 is 9.47 Å². The molecule has 18 heavy (non-hydrogen) atoms. The molecule has 0 amide bonds. The number of alkyl halides is 1. The van der Waals surface area contributed by atoms with E-state index in [4.69, 9.17) is 21.1 Å². The van der Waals surface area contributed by atoms with Crippen LogP contribution in [0.2, 0.25) is 5.02 Å². The molecule has 1 heterocycles. The quantitative estimate of drug-likeness (QED) is 0.723. The maximum absolute atomic E-state index is 6.31. The Morgan fingerprint density at radius 2 is 1.78 bits per heavy atom. The highest BCUT2D eigenvalue weighted by Gasteiger charge is 2.19. The first kappa shape index (κ1) is 14.0. The first-order valence-electron chi connectivity index (χ1n) is 6.31. The van der Waals surface area contributed by atoms with Crippen LogP contribution in [0.4, 0.5) is 0 Å². The summed E-state index contributed by atoms with van der Waals surface area (Å²) in [5.74, 6) is 2.24. The van der Waals surface area contributed by atoms with Crippen molar-refractivity contribution in [1.29, 1.82) is 0 Å². The van der Waals surface area contributed by atoms with E-state index in [0.29, 0.717) is 19.1 Å². The zero-order valence-electron chi connectivity index (χ0n) is 10.7. The molecule has 0 aliphatic carbocycles. The molecule has 1 atom stereocenters. The molecule has 1 aliphatic heterocycles. The van der Waals surface area contributed by atoms with Crippen LogP contribution in [0, 0.1) is 5.92 Å². The van der Waals surface area contributed by atoms with Gasteiger partial charge in [-0.15, -0.1) is 0 Å². The van der Waals surface area contributed by atoms with E-state index in [1.165, 1.54) is 6.42 Å². The lowest BCUT2D eigenvalue weighted by atomic mass is 10.0. The number of benzene rings is 1. The second-order valence-electron chi connectivity index (χ2n) is 4.96. The van der Waals surface area contributed by atoms with Crippen molar-refractivity contribution in [1.82, 2.24) is 0 Å². The summed E-state index contributed by atoms with van der Waals surface area (Å²) in [6.45, 7) is 5.65. The van der Waals surface area contributed by atoms with E-state index in [0.717, 1.165) is 28.5 Å². The fourth-order valence-corrected chi connectivity index (χ4v) is 3.02. The van der Waals surface area contributed by atoms with Crippen LogP contribution < -0.4 is 9.47 Å². The lowest BCUT2D eigenvalue weighted by Crippen LogP contribution is -2.15. The van der Waals surface area contributed by atoms with Gasteiger partial charge >= 0.3 is 0 Å². The molecule has 0 saturated heterocycles. The fourth-order valence-electron chi connectivity index (χ4n) is 1.95. The molecule has 0 aromatic heterocycles. The Morgan fingerprint density at radius 1 is 1.17 bits per heavy atom.